The maximum Gasteiger partial charge on any atom is 0.222 e. The van der Waals surface area contributed by atoms with Crippen LogP contribution in [-0.4, -0.2) is 50.6 Å². The van der Waals surface area contributed by atoms with Gasteiger partial charge in [0.25, 0.3) is 0 Å². The third kappa shape index (κ3) is 9.65. The maximum absolute atomic E-state index is 11.2. The largest absolute Gasteiger partial charge is 0.391 e. The monoisotopic (exact) mass is 219 g/mol. The van der Waals surface area contributed by atoms with Gasteiger partial charge in [0.1, 0.15) is 0 Å². The lowest BCUT2D eigenvalue weighted by Crippen LogP contribution is -2.29. The molecule has 5 heteroatoms. The Hall–Kier alpha value is -0.650. The fraction of sp³-hybridized carbons (Fsp3) is 0.900. The van der Waals surface area contributed by atoms with Crippen molar-refractivity contribution in [3.63, 3.8) is 0 Å². The van der Waals surface area contributed by atoms with Crippen LogP contribution < -0.4 is 5.32 Å². The second-order valence-electron chi connectivity index (χ2n) is 3.19. The molecule has 0 heterocycles. The average molecular weight is 219 g/mol. The van der Waals surface area contributed by atoms with Crippen molar-refractivity contribution in [1.82, 2.24) is 5.32 Å². The lowest BCUT2D eigenvalue weighted by Gasteiger charge is -2.09. The molecule has 0 saturated carbocycles. The molecule has 1 amide bonds. The van der Waals surface area contributed by atoms with Crippen LogP contribution in [-0.2, 0) is 14.3 Å². The lowest BCUT2D eigenvalue weighted by molar-refractivity contribution is -0.122. The first kappa shape index (κ1) is 14.3. The summed E-state index contributed by atoms with van der Waals surface area (Å²) in [6.45, 7) is 3.73. The molecule has 15 heavy (non-hydrogen) atoms. The van der Waals surface area contributed by atoms with E-state index in [0.29, 0.717) is 39.2 Å². The lowest BCUT2D eigenvalue weighted by atomic mass is 10.2. The van der Waals surface area contributed by atoms with Gasteiger partial charge < -0.3 is 19.9 Å². The summed E-state index contributed by atoms with van der Waals surface area (Å²) in [5, 5.41) is 12.0. The maximum atomic E-state index is 11.2. The smallest absolute Gasteiger partial charge is 0.222 e. The third-order valence-electron chi connectivity index (χ3n) is 1.84. The molecular weight excluding hydrogens is 198 g/mol. The van der Waals surface area contributed by atoms with E-state index in [1.54, 1.807) is 0 Å². The van der Waals surface area contributed by atoms with E-state index >= 15 is 0 Å². The van der Waals surface area contributed by atoms with Gasteiger partial charge in [0, 0.05) is 26.7 Å². The number of ether oxygens (including phenoxy) is 2. The minimum absolute atomic E-state index is 0.0481. The second kappa shape index (κ2) is 9.89. The average Bonchev–Trinajstić information content (AvgIpc) is 2.18. The number of aliphatic hydroxyl groups excluding tert-OH is 1. The molecule has 0 aliphatic heterocycles. The molecule has 0 aromatic heterocycles. The number of amides is 1. The quantitative estimate of drug-likeness (QED) is 0.533. The highest BCUT2D eigenvalue weighted by Crippen LogP contribution is 1.90. The van der Waals surface area contributed by atoms with Crippen molar-refractivity contribution in [2.24, 2.45) is 0 Å². The van der Waals surface area contributed by atoms with Crippen molar-refractivity contribution in [2.75, 3.05) is 33.5 Å². The first-order valence-electron chi connectivity index (χ1n) is 5.22. The summed E-state index contributed by atoms with van der Waals surface area (Å²) in [5.41, 5.74) is 0. The van der Waals surface area contributed by atoms with Crippen molar-refractivity contribution in [3.8, 4) is 0 Å². The molecule has 0 aromatic carbocycles. The number of rotatable bonds is 9. The van der Waals surface area contributed by atoms with E-state index in [1.165, 1.54) is 7.11 Å². The highest BCUT2D eigenvalue weighted by molar-refractivity contribution is 5.75. The van der Waals surface area contributed by atoms with Crippen molar-refractivity contribution in [1.29, 1.82) is 0 Å². The van der Waals surface area contributed by atoms with E-state index in [1.807, 2.05) is 6.92 Å². The Morgan fingerprint density at radius 3 is 2.87 bits per heavy atom. The number of methoxy groups -OCH3 is 1. The molecule has 0 spiro atoms. The fourth-order valence-electron chi connectivity index (χ4n) is 1.05. The summed E-state index contributed by atoms with van der Waals surface area (Å²) in [4.78, 5) is 11.2. The molecule has 5 nitrogen and oxygen atoms in total. The van der Waals surface area contributed by atoms with Gasteiger partial charge in [-0.2, -0.15) is 0 Å². The second-order valence-corrected chi connectivity index (χ2v) is 3.19. The number of aliphatic hydroxyl groups is 1. The molecule has 0 rings (SSSR count). The van der Waals surface area contributed by atoms with E-state index < -0.39 is 6.10 Å². The van der Waals surface area contributed by atoms with Crippen molar-refractivity contribution in [2.45, 2.75) is 25.9 Å². The Morgan fingerprint density at radius 2 is 2.27 bits per heavy atom. The Bertz CT molecular complexity index is 164. The van der Waals surface area contributed by atoms with Gasteiger partial charge in [-0.15, -0.1) is 0 Å². The van der Waals surface area contributed by atoms with Crippen molar-refractivity contribution in [3.05, 3.63) is 0 Å². The van der Waals surface area contributed by atoms with Crippen molar-refractivity contribution < 1.29 is 19.4 Å². The van der Waals surface area contributed by atoms with Gasteiger partial charge in [0.2, 0.25) is 5.91 Å². The summed E-state index contributed by atoms with van der Waals surface area (Å²) in [7, 11) is 1.53. The van der Waals surface area contributed by atoms with Crippen molar-refractivity contribution >= 4 is 5.91 Å². The van der Waals surface area contributed by atoms with Crippen LogP contribution in [0.1, 0.15) is 19.8 Å². The van der Waals surface area contributed by atoms with Gasteiger partial charge in [-0.05, 0) is 13.3 Å². The van der Waals surface area contributed by atoms with Crippen LogP contribution in [0.4, 0.5) is 0 Å². The molecule has 1 atom stereocenters. The van der Waals surface area contributed by atoms with E-state index in [0.717, 1.165) is 0 Å². The molecule has 0 radical (unpaired) electrons. The zero-order valence-corrected chi connectivity index (χ0v) is 9.49. The fourth-order valence-corrected chi connectivity index (χ4v) is 1.05. The summed E-state index contributed by atoms with van der Waals surface area (Å²) in [5.74, 6) is -0.0481. The summed E-state index contributed by atoms with van der Waals surface area (Å²) < 4.78 is 9.80. The predicted octanol–water partition coefficient (Wildman–Crippen LogP) is -0.0734. The first-order chi connectivity index (χ1) is 7.20. The molecular formula is C10H21NO4. The number of carbonyl (C=O) groups is 1. The summed E-state index contributed by atoms with van der Waals surface area (Å²) in [6, 6.07) is 0. The highest BCUT2D eigenvalue weighted by Gasteiger charge is 2.04. The zero-order chi connectivity index (χ0) is 11.5. The molecule has 1 unspecified atom stereocenters. The molecule has 0 aliphatic carbocycles. The van der Waals surface area contributed by atoms with E-state index in [9.17, 15) is 9.90 Å². The normalized spacial score (nSPS) is 12.5. The predicted molar refractivity (Wildman–Crippen MR) is 56.6 cm³/mol. The Kier molecular flexibility index (Phi) is 9.46. The number of hydrogen-bond donors (Lipinski definition) is 2. The molecule has 0 fully saturated rings. The SMILES string of the molecule is CCOCCC(=O)NCCC(O)COC. The molecule has 0 bridgehead atoms. The number of hydrogen-bond acceptors (Lipinski definition) is 4. The number of carbonyl (C=O) groups excluding carboxylic acids is 1. The third-order valence-corrected chi connectivity index (χ3v) is 1.84. The van der Waals surface area contributed by atoms with Gasteiger partial charge in [-0.3, -0.25) is 4.79 Å². The van der Waals surface area contributed by atoms with Crippen LogP contribution >= 0.6 is 0 Å². The molecule has 0 saturated heterocycles. The van der Waals surface area contributed by atoms with Gasteiger partial charge in [-0.25, -0.2) is 0 Å². The molecule has 0 aliphatic rings. The van der Waals surface area contributed by atoms with Gasteiger partial charge in [0.15, 0.2) is 0 Å². The first-order valence-corrected chi connectivity index (χ1v) is 5.22. The summed E-state index contributed by atoms with van der Waals surface area (Å²) in [6.07, 6.45) is 0.366. The minimum atomic E-state index is -0.512. The van der Waals surface area contributed by atoms with Gasteiger partial charge in [0.05, 0.1) is 19.3 Å². The van der Waals surface area contributed by atoms with E-state index in [2.05, 4.69) is 5.32 Å². The zero-order valence-electron chi connectivity index (χ0n) is 9.49. The topological polar surface area (TPSA) is 67.8 Å². The van der Waals surface area contributed by atoms with Crippen LogP contribution in [0.15, 0.2) is 0 Å². The van der Waals surface area contributed by atoms with Gasteiger partial charge in [-0.1, -0.05) is 0 Å². The Labute approximate surface area is 90.8 Å². The van der Waals surface area contributed by atoms with E-state index in [-0.39, 0.29) is 5.91 Å². The molecule has 0 aromatic rings. The number of nitrogens with one attached hydrogen (secondary N) is 1. The Morgan fingerprint density at radius 1 is 1.53 bits per heavy atom. The highest BCUT2D eigenvalue weighted by atomic mass is 16.5. The Balaban J connectivity index is 3.30. The van der Waals surface area contributed by atoms with Crippen LogP contribution in [0.5, 0.6) is 0 Å². The van der Waals surface area contributed by atoms with Crippen LogP contribution in [0.3, 0.4) is 0 Å². The molecule has 90 valence electrons. The van der Waals surface area contributed by atoms with E-state index in [4.69, 9.17) is 9.47 Å². The van der Waals surface area contributed by atoms with Gasteiger partial charge >= 0.3 is 0 Å². The van der Waals surface area contributed by atoms with Crippen LogP contribution in [0, 0.1) is 0 Å². The van der Waals surface area contributed by atoms with Crippen LogP contribution in [0.25, 0.3) is 0 Å². The minimum Gasteiger partial charge on any atom is -0.391 e. The standard InChI is InChI=1S/C10H21NO4/c1-3-15-7-5-10(13)11-6-4-9(12)8-14-2/h9,12H,3-8H2,1-2H3,(H,11,13). The molecule has 2 N–H and O–H groups in total. The van der Waals surface area contributed by atoms with Crippen LogP contribution in [0.2, 0.25) is 0 Å². The summed E-state index contributed by atoms with van der Waals surface area (Å²) >= 11 is 0.